The molecule has 0 aliphatic heterocycles. The van der Waals surface area contributed by atoms with Gasteiger partial charge in [0.25, 0.3) is 0 Å². The Hall–Kier alpha value is -2.52. The Labute approximate surface area is 151 Å². The standard InChI is InChI=1S/C22H27NO2/c1-3-5-15-24-21-11-7-19(8-12-21)17-23-18-20-9-13-22(14-10-20)25-16-6-4-2/h3-4,7-14,23H,1-2,5-6,15-18H2. The fourth-order valence-corrected chi connectivity index (χ4v) is 2.28. The highest BCUT2D eigenvalue weighted by atomic mass is 16.5. The maximum absolute atomic E-state index is 5.61. The minimum Gasteiger partial charge on any atom is -0.493 e. The highest BCUT2D eigenvalue weighted by Crippen LogP contribution is 2.14. The Kier molecular flexibility index (Phi) is 8.36. The summed E-state index contributed by atoms with van der Waals surface area (Å²) in [5.41, 5.74) is 2.47. The molecule has 3 heteroatoms. The van der Waals surface area contributed by atoms with Crippen molar-refractivity contribution in [2.45, 2.75) is 25.9 Å². The van der Waals surface area contributed by atoms with Gasteiger partial charge in [0.15, 0.2) is 0 Å². The first-order valence-corrected chi connectivity index (χ1v) is 8.68. The van der Waals surface area contributed by atoms with Crippen LogP contribution < -0.4 is 14.8 Å². The van der Waals surface area contributed by atoms with E-state index in [0.29, 0.717) is 13.2 Å². The van der Waals surface area contributed by atoms with Gasteiger partial charge < -0.3 is 14.8 Å². The van der Waals surface area contributed by atoms with E-state index in [9.17, 15) is 0 Å². The summed E-state index contributed by atoms with van der Waals surface area (Å²) in [6.07, 6.45) is 5.44. The molecule has 0 saturated heterocycles. The third-order valence-corrected chi connectivity index (χ3v) is 3.69. The summed E-state index contributed by atoms with van der Waals surface area (Å²) in [6, 6.07) is 16.4. The van der Waals surface area contributed by atoms with Crippen LogP contribution in [0.3, 0.4) is 0 Å². The van der Waals surface area contributed by atoms with Crippen LogP contribution in [0.15, 0.2) is 73.8 Å². The van der Waals surface area contributed by atoms with Gasteiger partial charge in [-0.2, -0.15) is 0 Å². The minimum atomic E-state index is 0.675. The van der Waals surface area contributed by atoms with E-state index in [1.807, 2.05) is 36.4 Å². The average Bonchev–Trinajstić information content (AvgIpc) is 2.65. The molecular formula is C22H27NO2. The van der Waals surface area contributed by atoms with Crippen molar-refractivity contribution >= 4 is 0 Å². The summed E-state index contributed by atoms with van der Waals surface area (Å²) in [5.74, 6) is 1.80. The first-order valence-electron chi connectivity index (χ1n) is 8.68. The maximum Gasteiger partial charge on any atom is 0.119 e. The molecule has 0 aliphatic carbocycles. The van der Waals surface area contributed by atoms with Crippen LogP contribution in [0.1, 0.15) is 24.0 Å². The number of benzene rings is 2. The van der Waals surface area contributed by atoms with Gasteiger partial charge >= 0.3 is 0 Å². The minimum absolute atomic E-state index is 0.675. The largest absolute Gasteiger partial charge is 0.493 e. The van der Waals surface area contributed by atoms with Gasteiger partial charge in [-0.1, -0.05) is 36.4 Å². The van der Waals surface area contributed by atoms with Crippen LogP contribution in [0.4, 0.5) is 0 Å². The molecule has 0 amide bonds. The van der Waals surface area contributed by atoms with E-state index in [1.54, 1.807) is 0 Å². The second-order valence-electron chi connectivity index (χ2n) is 5.74. The van der Waals surface area contributed by atoms with Crippen LogP contribution in [0, 0.1) is 0 Å². The molecule has 2 aromatic carbocycles. The second kappa shape index (κ2) is 11.1. The number of rotatable bonds is 12. The van der Waals surface area contributed by atoms with E-state index in [1.165, 1.54) is 11.1 Å². The van der Waals surface area contributed by atoms with Crippen molar-refractivity contribution in [1.29, 1.82) is 0 Å². The second-order valence-corrected chi connectivity index (χ2v) is 5.74. The summed E-state index contributed by atoms with van der Waals surface area (Å²) in [5, 5.41) is 3.45. The van der Waals surface area contributed by atoms with Crippen molar-refractivity contribution in [2.24, 2.45) is 0 Å². The molecule has 0 bridgehead atoms. The van der Waals surface area contributed by atoms with E-state index < -0.39 is 0 Å². The molecule has 2 aromatic rings. The lowest BCUT2D eigenvalue weighted by molar-refractivity contribution is 0.325. The van der Waals surface area contributed by atoms with Gasteiger partial charge in [-0.05, 0) is 48.2 Å². The molecule has 3 nitrogen and oxygen atoms in total. The zero-order valence-electron chi connectivity index (χ0n) is 14.7. The van der Waals surface area contributed by atoms with Gasteiger partial charge in [-0.3, -0.25) is 0 Å². The zero-order chi connectivity index (χ0) is 17.7. The zero-order valence-corrected chi connectivity index (χ0v) is 14.7. The Balaban J connectivity index is 1.71. The molecule has 0 atom stereocenters. The molecular weight excluding hydrogens is 310 g/mol. The summed E-state index contributed by atoms with van der Waals surface area (Å²) >= 11 is 0. The van der Waals surface area contributed by atoms with Crippen LogP contribution in [-0.2, 0) is 13.1 Å². The number of hydrogen-bond acceptors (Lipinski definition) is 3. The van der Waals surface area contributed by atoms with Crippen molar-refractivity contribution in [2.75, 3.05) is 13.2 Å². The quantitative estimate of drug-likeness (QED) is 0.442. The Morgan fingerprint density at radius 1 is 0.680 bits per heavy atom. The lowest BCUT2D eigenvalue weighted by Crippen LogP contribution is -2.12. The third-order valence-electron chi connectivity index (χ3n) is 3.69. The summed E-state index contributed by atoms with van der Waals surface area (Å²) in [6.45, 7) is 10.4. The average molecular weight is 337 g/mol. The molecule has 0 aliphatic rings. The predicted molar refractivity (Wildman–Crippen MR) is 104 cm³/mol. The van der Waals surface area contributed by atoms with Gasteiger partial charge in [-0.25, -0.2) is 0 Å². The van der Waals surface area contributed by atoms with Crippen LogP contribution in [-0.4, -0.2) is 13.2 Å². The monoisotopic (exact) mass is 337 g/mol. The highest BCUT2D eigenvalue weighted by molar-refractivity contribution is 5.28. The smallest absolute Gasteiger partial charge is 0.119 e. The third kappa shape index (κ3) is 7.27. The fraction of sp³-hybridized carbons (Fsp3) is 0.273. The van der Waals surface area contributed by atoms with E-state index in [4.69, 9.17) is 9.47 Å². The van der Waals surface area contributed by atoms with Crippen LogP contribution >= 0.6 is 0 Å². The summed E-state index contributed by atoms with van der Waals surface area (Å²) in [4.78, 5) is 0. The van der Waals surface area contributed by atoms with Crippen molar-refractivity contribution in [1.82, 2.24) is 5.32 Å². The topological polar surface area (TPSA) is 30.5 Å². The number of ether oxygens (including phenoxy) is 2. The molecule has 0 fully saturated rings. The van der Waals surface area contributed by atoms with Crippen LogP contribution in [0.5, 0.6) is 11.5 Å². The van der Waals surface area contributed by atoms with Gasteiger partial charge in [0, 0.05) is 13.1 Å². The molecule has 0 spiro atoms. The normalized spacial score (nSPS) is 10.2. The van der Waals surface area contributed by atoms with Crippen molar-refractivity contribution in [3.05, 3.63) is 85.0 Å². The molecule has 1 N–H and O–H groups in total. The van der Waals surface area contributed by atoms with Crippen LogP contribution in [0.2, 0.25) is 0 Å². The van der Waals surface area contributed by atoms with E-state index in [0.717, 1.165) is 37.4 Å². The Bertz CT molecular complexity index is 575. The molecule has 0 radical (unpaired) electrons. The van der Waals surface area contributed by atoms with E-state index in [-0.39, 0.29) is 0 Å². The maximum atomic E-state index is 5.61. The molecule has 0 unspecified atom stereocenters. The van der Waals surface area contributed by atoms with Gasteiger partial charge in [0.1, 0.15) is 11.5 Å². The SMILES string of the molecule is C=CCCOc1ccc(CNCc2ccc(OCCC=C)cc2)cc1. The lowest BCUT2D eigenvalue weighted by Gasteiger charge is -2.09. The lowest BCUT2D eigenvalue weighted by atomic mass is 10.2. The van der Waals surface area contributed by atoms with E-state index >= 15 is 0 Å². The van der Waals surface area contributed by atoms with Gasteiger partial charge in [0.2, 0.25) is 0 Å². The molecule has 0 aromatic heterocycles. The predicted octanol–water partition coefficient (Wildman–Crippen LogP) is 4.89. The van der Waals surface area contributed by atoms with Crippen molar-refractivity contribution in [3.8, 4) is 11.5 Å². The van der Waals surface area contributed by atoms with Gasteiger partial charge in [0.05, 0.1) is 13.2 Å². The summed E-state index contributed by atoms with van der Waals surface area (Å²) in [7, 11) is 0. The highest BCUT2D eigenvalue weighted by Gasteiger charge is 1.98. The number of nitrogens with one attached hydrogen (secondary N) is 1. The molecule has 2 rings (SSSR count). The molecule has 132 valence electrons. The first-order chi connectivity index (χ1) is 12.3. The van der Waals surface area contributed by atoms with Crippen molar-refractivity contribution < 1.29 is 9.47 Å². The summed E-state index contributed by atoms with van der Waals surface area (Å²) < 4.78 is 11.2. The van der Waals surface area contributed by atoms with Crippen LogP contribution in [0.25, 0.3) is 0 Å². The van der Waals surface area contributed by atoms with Gasteiger partial charge in [-0.15, -0.1) is 13.2 Å². The van der Waals surface area contributed by atoms with E-state index in [2.05, 4.69) is 42.7 Å². The number of hydrogen-bond donors (Lipinski definition) is 1. The Morgan fingerprint density at radius 2 is 1.08 bits per heavy atom. The molecule has 0 saturated carbocycles. The Morgan fingerprint density at radius 3 is 1.44 bits per heavy atom. The first kappa shape index (κ1) is 18.8. The fourth-order valence-electron chi connectivity index (χ4n) is 2.28. The molecule has 25 heavy (non-hydrogen) atoms. The van der Waals surface area contributed by atoms with Crippen molar-refractivity contribution in [3.63, 3.8) is 0 Å². The molecule has 0 heterocycles.